The van der Waals surface area contributed by atoms with E-state index in [2.05, 4.69) is 9.05 Å². The highest BCUT2D eigenvalue weighted by molar-refractivity contribution is 7.46. The third-order valence-corrected chi connectivity index (χ3v) is 4.88. The molecular weight excluding hydrogens is 422 g/mol. The molecule has 11 heteroatoms. The Morgan fingerprint density at radius 2 is 1.28 bits per heavy atom. The van der Waals surface area contributed by atoms with Crippen molar-refractivity contribution in [3.63, 3.8) is 0 Å². The lowest BCUT2D eigenvalue weighted by atomic mass is 10.0. The van der Waals surface area contributed by atoms with Crippen molar-refractivity contribution in [2.45, 2.75) is 77.0 Å². The molecule has 0 amide bonds. The predicted molar refractivity (Wildman–Crippen MR) is 110 cm³/mol. The summed E-state index contributed by atoms with van der Waals surface area (Å²) in [6.07, 6.45) is 16.0. The molecular formula is C18H34O9P2. The molecule has 0 aromatic carbocycles. The maximum absolute atomic E-state index is 11.8. The highest BCUT2D eigenvalue weighted by Crippen LogP contribution is 2.36. The summed E-state index contributed by atoms with van der Waals surface area (Å²) in [5.41, 5.74) is 0. The number of carbonyl (C=O) groups is 1. The molecule has 0 saturated carbocycles. The lowest BCUT2D eigenvalue weighted by Crippen LogP contribution is -1.97. The molecule has 0 bridgehead atoms. The van der Waals surface area contributed by atoms with Crippen LogP contribution in [0.25, 0.3) is 0 Å². The van der Waals surface area contributed by atoms with Crippen LogP contribution in [0.4, 0.5) is 0 Å². The van der Waals surface area contributed by atoms with Crippen LogP contribution in [-0.2, 0) is 23.0 Å². The summed E-state index contributed by atoms with van der Waals surface area (Å²) in [5, 5.41) is 0. The van der Waals surface area contributed by atoms with E-state index in [1.807, 2.05) is 6.08 Å². The van der Waals surface area contributed by atoms with Crippen LogP contribution in [-0.4, -0.2) is 32.0 Å². The van der Waals surface area contributed by atoms with Gasteiger partial charge in [0, 0.05) is 12.8 Å². The summed E-state index contributed by atoms with van der Waals surface area (Å²) in [5.74, 6) is 0.276. The topological polar surface area (TPSA) is 151 Å². The molecule has 0 aromatic heterocycles. The Kier molecular flexibility index (Phi) is 16.5. The number of phosphoric ester groups is 2. The fourth-order valence-electron chi connectivity index (χ4n) is 2.54. The third kappa shape index (κ3) is 25.2. The van der Waals surface area contributed by atoms with Gasteiger partial charge in [0.05, 0.1) is 12.9 Å². The highest BCUT2D eigenvalue weighted by Gasteiger charge is 2.12. The van der Waals surface area contributed by atoms with Gasteiger partial charge in [-0.05, 0) is 38.2 Å². The molecule has 0 radical (unpaired) electrons. The summed E-state index contributed by atoms with van der Waals surface area (Å²) < 4.78 is 29.4. The van der Waals surface area contributed by atoms with Gasteiger partial charge in [-0.3, -0.25) is 19.1 Å². The lowest BCUT2D eigenvalue weighted by molar-refractivity contribution is -0.119. The lowest BCUT2D eigenvalue weighted by Gasteiger charge is -2.05. The van der Waals surface area contributed by atoms with E-state index >= 15 is 0 Å². The number of hydrogen-bond donors (Lipinski definition) is 4. The molecule has 0 rings (SSSR count). The number of unbranched alkanes of at least 4 members (excludes halogenated alkanes) is 8. The van der Waals surface area contributed by atoms with Gasteiger partial charge in [-0.25, -0.2) is 9.13 Å². The first-order valence-corrected chi connectivity index (χ1v) is 12.9. The fourth-order valence-corrected chi connectivity index (χ4v) is 3.13. The molecule has 0 spiro atoms. The van der Waals surface area contributed by atoms with Crippen LogP contribution in [0.15, 0.2) is 24.5 Å². The molecule has 0 aromatic rings. The van der Waals surface area contributed by atoms with Gasteiger partial charge in [-0.1, -0.05) is 44.3 Å². The zero-order valence-corrected chi connectivity index (χ0v) is 18.5. The molecule has 4 N–H and O–H groups in total. The van der Waals surface area contributed by atoms with E-state index in [0.29, 0.717) is 19.3 Å². The SMILES string of the molecule is O=C(CCCC/C=C/C=C/OP(=O)(O)O)CCCCCCCCCOP(=O)(O)O. The smallest absolute Gasteiger partial charge is 0.412 e. The number of rotatable bonds is 19. The number of carbonyl (C=O) groups excluding carboxylic acids is 1. The Labute approximate surface area is 172 Å². The van der Waals surface area contributed by atoms with E-state index in [0.717, 1.165) is 64.0 Å². The van der Waals surface area contributed by atoms with Gasteiger partial charge in [0.1, 0.15) is 5.78 Å². The average molecular weight is 456 g/mol. The number of ketones is 1. The predicted octanol–water partition coefficient (Wildman–Crippen LogP) is 4.53. The molecule has 0 aliphatic heterocycles. The number of phosphoric acid groups is 2. The summed E-state index contributed by atoms with van der Waals surface area (Å²) in [6.45, 7) is 0.0797. The van der Waals surface area contributed by atoms with Crippen LogP contribution in [0, 0.1) is 0 Å². The quantitative estimate of drug-likeness (QED) is 0.0951. The maximum atomic E-state index is 11.8. The second kappa shape index (κ2) is 16.9. The van der Waals surface area contributed by atoms with Gasteiger partial charge < -0.3 is 14.3 Å². The minimum Gasteiger partial charge on any atom is -0.412 e. The monoisotopic (exact) mass is 456 g/mol. The molecule has 0 saturated heterocycles. The van der Waals surface area contributed by atoms with Crippen LogP contribution >= 0.6 is 15.6 Å². The molecule has 0 unspecified atom stereocenters. The molecule has 170 valence electrons. The summed E-state index contributed by atoms with van der Waals surface area (Å²) in [6, 6.07) is 0. The van der Waals surface area contributed by atoms with Crippen molar-refractivity contribution in [3.05, 3.63) is 24.5 Å². The molecule has 0 aliphatic rings. The van der Waals surface area contributed by atoms with Crippen molar-refractivity contribution < 1.29 is 42.5 Å². The first-order valence-electron chi connectivity index (χ1n) is 9.87. The third-order valence-electron chi connectivity index (χ3n) is 3.96. The summed E-state index contributed by atoms with van der Waals surface area (Å²) >= 11 is 0. The normalized spacial score (nSPS) is 12.8. The Morgan fingerprint density at radius 3 is 1.86 bits per heavy atom. The zero-order chi connectivity index (χ0) is 22.0. The van der Waals surface area contributed by atoms with Crippen LogP contribution in [0.1, 0.15) is 77.0 Å². The van der Waals surface area contributed by atoms with E-state index < -0.39 is 15.6 Å². The Hall–Kier alpha value is -0.790. The van der Waals surface area contributed by atoms with E-state index in [4.69, 9.17) is 19.6 Å². The van der Waals surface area contributed by atoms with E-state index in [1.165, 1.54) is 6.08 Å². The van der Waals surface area contributed by atoms with Gasteiger partial charge in [-0.2, -0.15) is 0 Å². The van der Waals surface area contributed by atoms with Crippen molar-refractivity contribution in [3.8, 4) is 0 Å². The van der Waals surface area contributed by atoms with Crippen LogP contribution < -0.4 is 0 Å². The largest absolute Gasteiger partial charge is 0.524 e. The van der Waals surface area contributed by atoms with Crippen molar-refractivity contribution in [1.29, 1.82) is 0 Å². The average Bonchev–Trinajstić information content (AvgIpc) is 2.60. The molecule has 0 heterocycles. The zero-order valence-electron chi connectivity index (χ0n) is 16.7. The molecule has 0 atom stereocenters. The Morgan fingerprint density at radius 1 is 0.724 bits per heavy atom. The van der Waals surface area contributed by atoms with Gasteiger partial charge >= 0.3 is 15.6 Å². The van der Waals surface area contributed by atoms with Crippen molar-refractivity contribution in [1.82, 2.24) is 0 Å². The Bertz CT molecular complexity index is 578. The van der Waals surface area contributed by atoms with Crippen molar-refractivity contribution in [2.24, 2.45) is 0 Å². The van der Waals surface area contributed by atoms with E-state index in [9.17, 15) is 13.9 Å². The summed E-state index contributed by atoms with van der Waals surface area (Å²) in [7, 11) is -8.79. The van der Waals surface area contributed by atoms with Crippen LogP contribution in [0.2, 0.25) is 0 Å². The first kappa shape index (κ1) is 28.2. The molecule has 0 aliphatic carbocycles. The van der Waals surface area contributed by atoms with Crippen molar-refractivity contribution in [2.75, 3.05) is 6.61 Å². The van der Waals surface area contributed by atoms with Crippen LogP contribution in [0.3, 0.4) is 0 Å². The van der Waals surface area contributed by atoms with Crippen molar-refractivity contribution >= 4 is 21.4 Å². The fraction of sp³-hybridized carbons (Fsp3) is 0.722. The summed E-state index contributed by atoms with van der Waals surface area (Å²) in [4.78, 5) is 45.8. The first-order chi connectivity index (χ1) is 13.6. The van der Waals surface area contributed by atoms with Gasteiger partial charge in [0.2, 0.25) is 0 Å². The number of hydrogen-bond acceptors (Lipinski definition) is 5. The maximum Gasteiger partial charge on any atom is 0.524 e. The highest BCUT2D eigenvalue weighted by atomic mass is 31.2. The molecule has 29 heavy (non-hydrogen) atoms. The van der Waals surface area contributed by atoms with E-state index in [1.54, 1.807) is 6.08 Å². The van der Waals surface area contributed by atoms with Gasteiger partial charge in [0.25, 0.3) is 0 Å². The Balaban J connectivity index is 3.40. The number of Topliss-reactive ketones (excluding diaryl/α,β-unsaturated/α-hetero) is 1. The molecule has 0 fully saturated rings. The minimum atomic E-state index is -4.46. The number of allylic oxidation sites excluding steroid dienone is 3. The van der Waals surface area contributed by atoms with Gasteiger partial charge in [-0.15, -0.1) is 0 Å². The molecule has 9 nitrogen and oxygen atoms in total. The van der Waals surface area contributed by atoms with Crippen LogP contribution in [0.5, 0.6) is 0 Å². The van der Waals surface area contributed by atoms with Gasteiger partial charge in [0.15, 0.2) is 0 Å². The van der Waals surface area contributed by atoms with E-state index in [-0.39, 0.29) is 12.4 Å². The second-order valence-corrected chi connectivity index (χ2v) is 9.12. The standard InChI is InChI=1S/C18H34O9P2/c19-18(15-11-7-3-5-9-13-17-27-29(23,24)25)14-10-6-2-1-4-8-12-16-26-28(20,21)22/h5,9,13,17H,1-4,6-8,10-12,14-16H2,(H2,20,21,22)(H2,23,24,25)/b9-5+,17-13+. The minimum absolute atomic E-state index is 0.0797. The second-order valence-electron chi connectivity index (χ2n) is 6.69.